The Morgan fingerprint density at radius 2 is 1.80 bits per heavy atom. The van der Waals surface area contributed by atoms with Crippen LogP contribution in [0.4, 0.5) is 0 Å². The third kappa shape index (κ3) is 3.62. The largest absolute Gasteiger partial charge is 1.00 e. The number of benzene rings is 1. The Labute approximate surface area is 116 Å². The van der Waals surface area contributed by atoms with Crippen molar-refractivity contribution in [1.29, 1.82) is 0 Å². The Kier molecular flexibility index (Phi) is 6.78. The molecule has 0 N–H and O–H groups in total. The van der Waals surface area contributed by atoms with Crippen LogP contribution in [-0.4, -0.2) is 0 Å². The van der Waals surface area contributed by atoms with Gasteiger partial charge in [-0.2, -0.15) is 0 Å². The molecule has 1 aromatic carbocycles. The van der Waals surface area contributed by atoms with E-state index in [2.05, 4.69) is 69.9 Å². The standard InChI is InChI=1S/C6H4I2S.Na/c7-4-1-2-5(8)6(9)3-4;/h1-3,9H;/q;+1. The average molecular weight is 385 g/mol. The van der Waals surface area contributed by atoms with Gasteiger partial charge in [0, 0.05) is 12.0 Å². The van der Waals surface area contributed by atoms with Gasteiger partial charge in [-0.1, -0.05) is 0 Å². The third-order valence-electron chi connectivity index (χ3n) is 0.908. The zero-order valence-corrected chi connectivity index (χ0v) is 12.6. The molecular formula is C6H4I2NaS+. The van der Waals surface area contributed by atoms with E-state index in [9.17, 15) is 0 Å². The molecule has 0 atom stereocenters. The molecule has 0 radical (unpaired) electrons. The fourth-order valence-corrected chi connectivity index (χ4v) is 1.77. The maximum absolute atomic E-state index is 4.26. The second-order valence-electron chi connectivity index (χ2n) is 1.60. The number of hydrogen-bond donors (Lipinski definition) is 1. The van der Waals surface area contributed by atoms with E-state index in [-0.39, 0.29) is 29.6 Å². The van der Waals surface area contributed by atoms with Gasteiger partial charge >= 0.3 is 29.6 Å². The quantitative estimate of drug-likeness (QED) is 0.368. The Morgan fingerprint density at radius 1 is 1.20 bits per heavy atom. The zero-order valence-electron chi connectivity index (χ0n) is 5.44. The summed E-state index contributed by atoms with van der Waals surface area (Å²) in [5.41, 5.74) is 0. The van der Waals surface area contributed by atoms with E-state index < -0.39 is 0 Å². The molecule has 0 heterocycles. The van der Waals surface area contributed by atoms with Gasteiger partial charge in [-0.25, -0.2) is 0 Å². The van der Waals surface area contributed by atoms with Crippen LogP contribution in [0.15, 0.2) is 23.1 Å². The monoisotopic (exact) mass is 385 g/mol. The van der Waals surface area contributed by atoms with Crippen LogP contribution in [0.1, 0.15) is 0 Å². The fourth-order valence-electron chi connectivity index (χ4n) is 0.486. The summed E-state index contributed by atoms with van der Waals surface area (Å²) in [7, 11) is 0. The smallest absolute Gasteiger partial charge is 0.142 e. The van der Waals surface area contributed by atoms with Crippen molar-refractivity contribution in [2.75, 3.05) is 0 Å². The van der Waals surface area contributed by atoms with Crippen LogP contribution in [0.25, 0.3) is 0 Å². The van der Waals surface area contributed by atoms with E-state index >= 15 is 0 Å². The predicted octanol–water partition coefficient (Wildman–Crippen LogP) is 0.189. The molecule has 0 saturated heterocycles. The average Bonchev–Trinajstić information content (AvgIpc) is 1.80. The van der Waals surface area contributed by atoms with Gasteiger partial charge in [0.05, 0.1) is 0 Å². The first-order valence-corrected chi connectivity index (χ1v) is 4.94. The minimum Gasteiger partial charge on any atom is -0.142 e. The Hall–Kier alpha value is 2.03. The molecule has 0 unspecified atom stereocenters. The van der Waals surface area contributed by atoms with E-state index in [1.807, 2.05) is 6.07 Å². The van der Waals surface area contributed by atoms with Crippen LogP contribution in [0.5, 0.6) is 0 Å². The minimum atomic E-state index is 0. The van der Waals surface area contributed by atoms with Gasteiger partial charge in [0.25, 0.3) is 0 Å². The number of halogens is 2. The summed E-state index contributed by atoms with van der Waals surface area (Å²) in [5.74, 6) is 0. The first-order chi connectivity index (χ1) is 4.20. The normalized spacial score (nSPS) is 8.70. The van der Waals surface area contributed by atoms with Crippen LogP contribution in [-0.2, 0) is 0 Å². The van der Waals surface area contributed by atoms with E-state index in [1.165, 1.54) is 7.14 Å². The first kappa shape index (κ1) is 12.0. The van der Waals surface area contributed by atoms with Crippen molar-refractivity contribution in [3.05, 3.63) is 25.3 Å². The van der Waals surface area contributed by atoms with Crippen molar-refractivity contribution in [2.24, 2.45) is 0 Å². The molecular weight excluding hydrogens is 381 g/mol. The van der Waals surface area contributed by atoms with Gasteiger partial charge in [0.1, 0.15) is 0 Å². The van der Waals surface area contributed by atoms with Crippen LogP contribution >= 0.6 is 57.8 Å². The van der Waals surface area contributed by atoms with Crippen molar-refractivity contribution >= 4 is 57.8 Å². The molecule has 0 saturated carbocycles. The van der Waals surface area contributed by atoms with Gasteiger partial charge in [0.15, 0.2) is 0 Å². The van der Waals surface area contributed by atoms with Crippen molar-refractivity contribution < 1.29 is 29.6 Å². The van der Waals surface area contributed by atoms with Crippen molar-refractivity contribution in [3.8, 4) is 0 Å². The minimum absolute atomic E-state index is 0. The van der Waals surface area contributed by atoms with E-state index in [0.29, 0.717) is 0 Å². The molecule has 0 bridgehead atoms. The molecule has 0 aliphatic heterocycles. The molecule has 0 fully saturated rings. The summed E-state index contributed by atoms with van der Waals surface area (Å²) in [6, 6.07) is 6.18. The summed E-state index contributed by atoms with van der Waals surface area (Å²) in [6.07, 6.45) is 0. The summed E-state index contributed by atoms with van der Waals surface area (Å²) >= 11 is 8.79. The maximum Gasteiger partial charge on any atom is 1.00 e. The maximum atomic E-state index is 4.26. The van der Waals surface area contributed by atoms with Gasteiger partial charge < -0.3 is 0 Å². The number of hydrogen-bond acceptors (Lipinski definition) is 1. The van der Waals surface area contributed by atoms with E-state index in [1.54, 1.807) is 0 Å². The summed E-state index contributed by atoms with van der Waals surface area (Å²) in [4.78, 5) is 1.06. The van der Waals surface area contributed by atoms with E-state index in [4.69, 9.17) is 0 Å². The van der Waals surface area contributed by atoms with Crippen LogP contribution < -0.4 is 29.6 Å². The number of rotatable bonds is 0. The van der Waals surface area contributed by atoms with E-state index in [0.717, 1.165) is 4.90 Å². The fraction of sp³-hybridized carbons (Fsp3) is 0. The Morgan fingerprint density at radius 3 is 2.20 bits per heavy atom. The molecule has 0 aliphatic rings. The molecule has 1 aromatic rings. The predicted molar refractivity (Wildman–Crippen MR) is 59.1 cm³/mol. The van der Waals surface area contributed by atoms with Crippen LogP contribution in [0.2, 0.25) is 0 Å². The molecule has 10 heavy (non-hydrogen) atoms. The van der Waals surface area contributed by atoms with Crippen LogP contribution in [0, 0.1) is 7.14 Å². The molecule has 0 aliphatic carbocycles. The van der Waals surface area contributed by atoms with Crippen molar-refractivity contribution in [1.82, 2.24) is 0 Å². The summed E-state index contributed by atoms with van der Waals surface area (Å²) in [5, 5.41) is 0. The van der Waals surface area contributed by atoms with Gasteiger partial charge in [-0.3, -0.25) is 0 Å². The molecule has 1 rings (SSSR count). The molecule has 0 nitrogen and oxygen atoms in total. The summed E-state index contributed by atoms with van der Waals surface area (Å²) in [6.45, 7) is 0. The SMILES string of the molecule is Sc1cc(I)ccc1I.[Na+]. The molecule has 48 valence electrons. The molecule has 0 aromatic heterocycles. The third-order valence-corrected chi connectivity index (χ3v) is 3.32. The zero-order chi connectivity index (χ0) is 6.85. The Bertz CT molecular complexity index is 227. The number of thiol groups is 1. The Balaban J connectivity index is 0.000000810. The topological polar surface area (TPSA) is 0 Å². The van der Waals surface area contributed by atoms with Crippen molar-refractivity contribution in [2.45, 2.75) is 4.90 Å². The molecule has 0 amide bonds. The van der Waals surface area contributed by atoms with Gasteiger partial charge in [-0.15, -0.1) is 12.6 Å². The molecule has 4 heteroatoms. The van der Waals surface area contributed by atoms with Gasteiger partial charge in [-0.05, 0) is 63.4 Å². The van der Waals surface area contributed by atoms with Gasteiger partial charge in [0.2, 0.25) is 0 Å². The first-order valence-electron chi connectivity index (χ1n) is 2.34. The van der Waals surface area contributed by atoms with Crippen molar-refractivity contribution in [3.63, 3.8) is 0 Å². The van der Waals surface area contributed by atoms with Crippen LogP contribution in [0.3, 0.4) is 0 Å². The second kappa shape index (κ2) is 5.64. The molecule has 0 spiro atoms. The second-order valence-corrected chi connectivity index (χ2v) is 4.49. The summed E-state index contributed by atoms with van der Waals surface area (Å²) < 4.78 is 2.44.